The predicted molar refractivity (Wildman–Crippen MR) is 200 cm³/mol. The number of aromatic nitrogens is 2. The van der Waals surface area contributed by atoms with Gasteiger partial charge in [0.2, 0.25) is 0 Å². The first-order chi connectivity index (χ1) is 24.7. The fourth-order valence-electron chi connectivity index (χ4n) is 7.41. The third-order valence-electron chi connectivity index (χ3n) is 9.65. The molecule has 0 fully saturated rings. The lowest BCUT2D eigenvalue weighted by atomic mass is 9.97. The van der Waals surface area contributed by atoms with Gasteiger partial charge >= 0.3 is 0 Å². The van der Waals surface area contributed by atoms with Gasteiger partial charge in [-0.25, -0.2) is 0 Å². The van der Waals surface area contributed by atoms with Crippen LogP contribution in [-0.2, 0) is 0 Å². The summed E-state index contributed by atoms with van der Waals surface area (Å²) in [4.78, 5) is 0. The number of nitrogens with zero attached hydrogens (tertiary/aromatic N) is 5. The van der Waals surface area contributed by atoms with Gasteiger partial charge in [-0.1, -0.05) is 97.1 Å². The quantitative estimate of drug-likeness (QED) is 0.193. The molecule has 0 aliphatic carbocycles. The number of fused-ring (bicyclic) bond motifs is 6. The van der Waals surface area contributed by atoms with Gasteiger partial charge in [0.25, 0.3) is 0 Å². The van der Waals surface area contributed by atoms with E-state index in [-0.39, 0.29) is 0 Å². The molecule has 0 spiro atoms. The molecule has 230 valence electrons. The molecule has 9 aromatic rings. The Balaban J connectivity index is 1.14. The van der Waals surface area contributed by atoms with Crippen LogP contribution in [0.15, 0.2) is 152 Å². The molecule has 7 aromatic carbocycles. The van der Waals surface area contributed by atoms with E-state index in [1.165, 1.54) is 0 Å². The molecule has 5 nitrogen and oxygen atoms in total. The van der Waals surface area contributed by atoms with Gasteiger partial charge in [-0.15, -0.1) is 0 Å². The van der Waals surface area contributed by atoms with Crippen molar-refractivity contribution in [2.24, 2.45) is 0 Å². The predicted octanol–water partition coefficient (Wildman–Crippen LogP) is 10.8. The first kappa shape index (κ1) is 28.8. The third kappa shape index (κ3) is 4.31. The highest BCUT2D eigenvalue weighted by Crippen LogP contribution is 2.40. The van der Waals surface area contributed by atoms with E-state index in [2.05, 4.69) is 94.1 Å². The van der Waals surface area contributed by atoms with Gasteiger partial charge in [0.15, 0.2) is 0 Å². The monoisotopic (exact) mass is 635 g/mol. The second kappa shape index (κ2) is 11.4. The number of para-hydroxylation sites is 4. The summed E-state index contributed by atoms with van der Waals surface area (Å²) < 4.78 is 4.33. The van der Waals surface area contributed by atoms with Gasteiger partial charge in [-0.3, -0.25) is 0 Å². The van der Waals surface area contributed by atoms with Crippen molar-refractivity contribution in [2.45, 2.75) is 0 Å². The lowest BCUT2D eigenvalue weighted by Crippen LogP contribution is -2.02. The van der Waals surface area contributed by atoms with Crippen molar-refractivity contribution in [3.63, 3.8) is 0 Å². The highest BCUT2D eigenvalue weighted by Gasteiger charge is 2.21. The largest absolute Gasteiger partial charge is 0.309 e. The van der Waals surface area contributed by atoms with E-state index >= 15 is 0 Å². The molecule has 0 radical (unpaired) electrons. The molecule has 0 aliphatic heterocycles. The Morgan fingerprint density at radius 3 is 1.66 bits per heavy atom. The number of rotatable bonds is 4. The van der Waals surface area contributed by atoms with Crippen LogP contribution in [0.5, 0.6) is 0 Å². The zero-order valence-electron chi connectivity index (χ0n) is 26.7. The molecule has 0 atom stereocenters. The van der Waals surface area contributed by atoms with Crippen molar-refractivity contribution in [2.75, 3.05) is 0 Å². The van der Waals surface area contributed by atoms with E-state index in [0.717, 1.165) is 77.2 Å². The van der Waals surface area contributed by atoms with E-state index < -0.39 is 0 Å². The smallest absolute Gasteiger partial charge is 0.101 e. The highest BCUT2D eigenvalue weighted by molar-refractivity contribution is 6.12. The van der Waals surface area contributed by atoms with Crippen LogP contribution in [0.2, 0.25) is 0 Å². The summed E-state index contributed by atoms with van der Waals surface area (Å²) in [6, 6.07) is 57.9. The molecular weight excluding hydrogens is 611 g/mol. The molecule has 0 N–H and O–H groups in total. The summed E-state index contributed by atoms with van der Waals surface area (Å²) in [5.41, 5.74) is 11.5. The van der Waals surface area contributed by atoms with Gasteiger partial charge in [0, 0.05) is 32.8 Å². The summed E-state index contributed by atoms with van der Waals surface area (Å²) in [6.45, 7) is 0. The first-order valence-corrected chi connectivity index (χ1v) is 16.3. The molecule has 0 amide bonds. The number of hydrogen-bond acceptors (Lipinski definition) is 3. The van der Waals surface area contributed by atoms with E-state index in [9.17, 15) is 15.8 Å². The van der Waals surface area contributed by atoms with E-state index in [4.69, 9.17) is 0 Å². The molecule has 0 bridgehead atoms. The average Bonchev–Trinajstić information content (AvgIpc) is 3.70. The summed E-state index contributed by atoms with van der Waals surface area (Å²) in [5, 5.41) is 34.2. The van der Waals surface area contributed by atoms with Crippen molar-refractivity contribution < 1.29 is 0 Å². The van der Waals surface area contributed by atoms with Crippen LogP contribution in [-0.4, -0.2) is 9.13 Å². The van der Waals surface area contributed by atoms with Crippen LogP contribution in [0.1, 0.15) is 16.7 Å². The van der Waals surface area contributed by atoms with Crippen molar-refractivity contribution in [3.05, 3.63) is 168 Å². The van der Waals surface area contributed by atoms with Gasteiger partial charge in [0.1, 0.15) is 12.1 Å². The zero-order chi connectivity index (χ0) is 33.8. The average molecular weight is 636 g/mol. The third-order valence-corrected chi connectivity index (χ3v) is 9.65. The Bertz CT molecular complexity index is 2940. The normalized spacial score (nSPS) is 11.1. The van der Waals surface area contributed by atoms with Gasteiger partial charge in [-0.2, -0.15) is 15.8 Å². The molecule has 5 heteroatoms. The highest BCUT2D eigenvalue weighted by atomic mass is 15.0. The lowest BCUT2D eigenvalue weighted by Gasteiger charge is -2.16. The fourth-order valence-corrected chi connectivity index (χ4v) is 7.41. The Morgan fingerprint density at radius 2 is 0.960 bits per heavy atom. The van der Waals surface area contributed by atoms with Crippen LogP contribution < -0.4 is 0 Å². The molecule has 0 saturated carbocycles. The molecule has 50 heavy (non-hydrogen) atoms. The van der Waals surface area contributed by atoms with Gasteiger partial charge in [0.05, 0.1) is 50.5 Å². The summed E-state index contributed by atoms with van der Waals surface area (Å²) >= 11 is 0. The number of hydrogen-bond donors (Lipinski definition) is 0. The van der Waals surface area contributed by atoms with E-state index in [1.807, 2.05) is 84.9 Å². The van der Waals surface area contributed by atoms with E-state index in [0.29, 0.717) is 16.7 Å². The van der Waals surface area contributed by atoms with Crippen LogP contribution >= 0.6 is 0 Å². The molecule has 2 aromatic heterocycles. The molecule has 2 heterocycles. The summed E-state index contributed by atoms with van der Waals surface area (Å²) in [5.74, 6) is 0. The summed E-state index contributed by atoms with van der Waals surface area (Å²) in [7, 11) is 0. The molecule has 0 saturated heterocycles. The zero-order valence-corrected chi connectivity index (χ0v) is 26.7. The topological polar surface area (TPSA) is 81.2 Å². The number of nitriles is 3. The second-order valence-electron chi connectivity index (χ2n) is 12.3. The maximum atomic E-state index is 10.3. The van der Waals surface area contributed by atoms with Crippen LogP contribution in [0.4, 0.5) is 0 Å². The standard InChI is InChI=1S/C45H25N5/c46-26-29-15-24-43-40(25-29)38-10-2-3-13-41(38)49(43)35-22-20-31(21-23-35)30-16-18-32(19-17-30)36-11-5-7-33(27-47)44(36)50-42-14-4-1-9-37(42)39-12-6-8-34(28-48)45(39)50/h1-25H. The minimum absolute atomic E-state index is 0.534. The minimum atomic E-state index is 0.534. The SMILES string of the molecule is N#Cc1ccc2c(c1)c1ccccc1n2-c1ccc(-c2ccc(-c3cccc(C#N)c3-n3c4ccccc4c4cccc(C#N)c43)cc2)cc1. The first-order valence-electron chi connectivity index (χ1n) is 16.3. The van der Waals surface area contributed by atoms with Crippen molar-refractivity contribution in [1.82, 2.24) is 9.13 Å². The fraction of sp³-hybridized carbons (Fsp3) is 0. The maximum absolute atomic E-state index is 10.3. The Labute approximate surface area is 287 Å². The van der Waals surface area contributed by atoms with Crippen molar-refractivity contribution >= 4 is 43.6 Å². The van der Waals surface area contributed by atoms with Crippen LogP contribution in [0, 0.1) is 34.0 Å². The molecule has 0 aliphatic rings. The second-order valence-corrected chi connectivity index (χ2v) is 12.3. The molecule has 0 unspecified atom stereocenters. The Morgan fingerprint density at radius 1 is 0.400 bits per heavy atom. The van der Waals surface area contributed by atoms with Gasteiger partial charge < -0.3 is 9.13 Å². The van der Waals surface area contributed by atoms with Crippen molar-refractivity contribution in [1.29, 1.82) is 15.8 Å². The molecule has 9 rings (SSSR count). The lowest BCUT2D eigenvalue weighted by molar-refractivity contribution is 1.16. The van der Waals surface area contributed by atoms with Gasteiger partial charge in [-0.05, 0) is 71.3 Å². The summed E-state index contributed by atoms with van der Waals surface area (Å²) in [6.07, 6.45) is 0. The Hall–Kier alpha value is -7.39. The number of benzene rings is 7. The molecular formula is C45H25N5. The van der Waals surface area contributed by atoms with Crippen molar-refractivity contribution in [3.8, 4) is 51.8 Å². The van der Waals surface area contributed by atoms with E-state index in [1.54, 1.807) is 0 Å². The van der Waals surface area contributed by atoms with Crippen LogP contribution in [0.3, 0.4) is 0 Å². The minimum Gasteiger partial charge on any atom is -0.309 e. The Kier molecular flexibility index (Phi) is 6.56. The van der Waals surface area contributed by atoms with Crippen LogP contribution in [0.25, 0.3) is 77.2 Å². The maximum Gasteiger partial charge on any atom is 0.101 e.